The molecular weight excluding hydrogens is 438 g/mol. The SMILES string of the molecule is COc1cc(C)c(/C(O)=C2/C(=O)C(=O)N(c3ccc4c(c3)OCO4)C2c2ccc(C)o2)cc1C. The van der Waals surface area contributed by atoms with Gasteiger partial charge in [0, 0.05) is 17.3 Å². The van der Waals surface area contributed by atoms with Crippen LogP contribution in [-0.2, 0) is 9.59 Å². The quantitative estimate of drug-likeness (QED) is 0.345. The maximum Gasteiger partial charge on any atom is 0.300 e. The average molecular weight is 461 g/mol. The van der Waals surface area contributed by atoms with Crippen molar-refractivity contribution in [2.24, 2.45) is 0 Å². The van der Waals surface area contributed by atoms with E-state index in [0.717, 1.165) is 5.56 Å². The van der Waals surface area contributed by atoms with Crippen molar-refractivity contribution in [3.05, 3.63) is 76.2 Å². The minimum absolute atomic E-state index is 0.0512. The highest BCUT2D eigenvalue weighted by molar-refractivity contribution is 6.51. The lowest BCUT2D eigenvalue weighted by Crippen LogP contribution is -2.29. The van der Waals surface area contributed by atoms with E-state index in [2.05, 4.69) is 0 Å². The second-order valence-corrected chi connectivity index (χ2v) is 8.29. The standard InChI is InChI=1S/C26H23NO7/c1-13-10-20(31-4)14(2)9-17(13)24(28)22-23(19-7-5-15(3)34-19)27(26(30)25(22)29)16-6-8-18-21(11-16)33-12-32-18/h5-11,23,28H,12H2,1-4H3/b24-22-. The lowest BCUT2D eigenvalue weighted by molar-refractivity contribution is -0.132. The van der Waals surface area contributed by atoms with E-state index >= 15 is 0 Å². The molecule has 1 aromatic heterocycles. The van der Waals surface area contributed by atoms with E-state index < -0.39 is 17.7 Å². The first kappa shape index (κ1) is 21.6. The number of anilines is 1. The lowest BCUT2D eigenvalue weighted by atomic mass is 9.95. The van der Waals surface area contributed by atoms with Gasteiger partial charge in [-0.25, -0.2) is 0 Å². The number of fused-ring (bicyclic) bond motifs is 1. The maximum absolute atomic E-state index is 13.3. The van der Waals surface area contributed by atoms with Crippen LogP contribution in [0.4, 0.5) is 5.69 Å². The third-order valence-corrected chi connectivity index (χ3v) is 6.11. The number of hydrogen-bond acceptors (Lipinski definition) is 7. The van der Waals surface area contributed by atoms with Crippen LogP contribution in [0, 0.1) is 20.8 Å². The van der Waals surface area contributed by atoms with Crippen molar-refractivity contribution < 1.29 is 33.3 Å². The Morgan fingerprint density at radius 3 is 2.47 bits per heavy atom. The van der Waals surface area contributed by atoms with Crippen molar-refractivity contribution in [1.29, 1.82) is 0 Å². The number of aliphatic hydroxyl groups is 1. The smallest absolute Gasteiger partial charge is 0.300 e. The summed E-state index contributed by atoms with van der Waals surface area (Å²) < 4.78 is 22.0. The summed E-state index contributed by atoms with van der Waals surface area (Å²) in [6.07, 6.45) is 0. The van der Waals surface area contributed by atoms with E-state index in [0.29, 0.717) is 45.6 Å². The summed E-state index contributed by atoms with van der Waals surface area (Å²) >= 11 is 0. The third-order valence-electron chi connectivity index (χ3n) is 6.11. The second kappa shape index (κ2) is 7.98. The molecule has 8 heteroatoms. The topological polar surface area (TPSA) is 98.4 Å². The van der Waals surface area contributed by atoms with E-state index in [1.54, 1.807) is 63.4 Å². The molecule has 3 heterocycles. The molecule has 3 aromatic rings. The van der Waals surface area contributed by atoms with Crippen LogP contribution in [0.15, 0.2) is 52.5 Å². The van der Waals surface area contributed by atoms with Gasteiger partial charge in [0.25, 0.3) is 11.7 Å². The monoisotopic (exact) mass is 461 g/mol. The molecule has 1 atom stereocenters. The Morgan fingerprint density at radius 2 is 1.76 bits per heavy atom. The number of nitrogens with zero attached hydrogens (tertiary/aromatic N) is 1. The summed E-state index contributed by atoms with van der Waals surface area (Å²) in [4.78, 5) is 27.9. The first-order chi connectivity index (χ1) is 16.3. The fourth-order valence-corrected chi connectivity index (χ4v) is 4.41. The summed E-state index contributed by atoms with van der Waals surface area (Å²) in [7, 11) is 1.57. The highest BCUT2D eigenvalue weighted by atomic mass is 16.7. The van der Waals surface area contributed by atoms with E-state index in [1.165, 1.54) is 4.90 Å². The molecule has 1 unspecified atom stereocenters. The average Bonchev–Trinajstić information content (AvgIpc) is 3.52. The van der Waals surface area contributed by atoms with Crippen LogP contribution in [-0.4, -0.2) is 30.7 Å². The molecule has 8 nitrogen and oxygen atoms in total. The Hall–Kier alpha value is -4.20. The zero-order valence-electron chi connectivity index (χ0n) is 19.2. The number of amides is 1. The highest BCUT2D eigenvalue weighted by Gasteiger charge is 2.48. The number of hydrogen-bond donors (Lipinski definition) is 1. The van der Waals surface area contributed by atoms with Gasteiger partial charge in [0.15, 0.2) is 11.5 Å². The first-order valence-corrected chi connectivity index (χ1v) is 10.7. The van der Waals surface area contributed by atoms with Crippen molar-refractivity contribution in [3.63, 3.8) is 0 Å². The van der Waals surface area contributed by atoms with Crippen molar-refractivity contribution in [1.82, 2.24) is 0 Å². The van der Waals surface area contributed by atoms with Gasteiger partial charge in [-0.3, -0.25) is 14.5 Å². The molecule has 2 aliphatic rings. The minimum Gasteiger partial charge on any atom is -0.507 e. The van der Waals surface area contributed by atoms with E-state index in [-0.39, 0.29) is 18.1 Å². The molecule has 1 fully saturated rings. The van der Waals surface area contributed by atoms with Gasteiger partial charge >= 0.3 is 0 Å². The van der Waals surface area contributed by atoms with Crippen LogP contribution in [0.2, 0.25) is 0 Å². The number of methoxy groups -OCH3 is 1. The molecule has 0 aliphatic carbocycles. The molecule has 174 valence electrons. The number of carbonyl (C=O) groups excluding carboxylic acids is 2. The van der Waals surface area contributed by atoms with Crippen LogP contribution in [0.1, 0.15) is 34.3 Å². The zero-order valence-corrected chi connectivity index (χ0v) is 19.2. The largest absolute Gasteiger partial charge is 0.507 e. The Bertz CT molecular complexity index is 1370. The van der Waals surface area contributed by atoms with Crippen molar-refractivity contribution >= 4 is 23.1 Å². The zero-order chi connectivity index (χ0) is 24.1. The number of rotatable bonds is 4. The van der Waals surface area contributed by atoms with Crippen molar-refractivity contribution in [2.75, 3.05) is 18.8 Å². The molecule has 1 saturated heterocycles. The van der Waals surface area contributed by atoms with Gasteiger partial charge in [-0.15, -0.1) is 0 Å². The van der Waals surface area contributed by atoms with Gasteiger partial charge in [0.1, 0.15) is 29.1 Å². The summed E-state index contributed by atoms with van der Waals surface area (Å²) in [5.74, 6) is 0.799. The Balaban J connectivity index is 1.71. The number of carbonyl (C=O) groups is 2. The molecule has 0 spiro atoms. The highest BCUT2D eigenvalue weighted by Crippen LogP contribution is 2.45. The predicted octanol–water partition coefficient (Wildman–Crippen LogP) is 4.57. The van der Waals surface area contributed by atoms with E-state index in [4.69, 9.17) is 18.6 Å². The third kappa shape index (κ3) is 3.30. The molecule has 2 aliphatic heterocycles. The Morgan fingerprint density at radius 1 is 1.00 bits per heavy atom. The van der Waals surface area contributed by atoms with Crippen LogP contribution < -0.4 is 19.1 Å². The second-order valence-electron chi connectivity index (χ2n) is 8.29. The van der Waals surface area contributed by atoms with Crippen molar-refractivity contribution in [2.45, 2.75) is 26.8 Å². The molecule has 0 radical (unpaired) electrons. The summed E-state index contributed by atoms with van der Waals surface area (Å²) in [5.41, 5.74) is 2.29. The van der Waals surface area contributed by atoms with Crippen molar-refractivity contribution in [3.8, 4) is 17.2 Å². The van der Waals surface area contributed by atoms with Gasteiger partial charge in [-0.05, 0) is 68.3 Å². The fourth-order valence-electron chi connectivity index (χ4n) is 4.41. The number of benzene rings is 2. The van der Waals surface area contributed by atoms with Crippen LogP contribution >= 0.6 is 0 Å². The molecule has 1 amide bonds. The number of furan rings is 1. The number of ketones is 1. The molecule has 5 rings (SSSR count). The Labute approximate surface area is 196 Å². The molecule has 34 heavy (non-hydrogen) atoms. The molecule has 2 aromatic carbocycles. The molecule has 0 saturated carbocycles. The van der Waals surface area contributed by atoms with Gasteiger partial charge in [0.05, 0.1) is 12.7 Å². The van der Waals surface area contributed by atoms with Crippen LogP contribution in [0.25, 0.3) is 5.76 Å². The summed E-state index contributed by atoms with van der Waals surface area (Å²) in [6.45, 7) is 5.49. The summed E-state index contributed by atoms with van der Waals surface area (Å²) in [5, 5.41) is 11.4. The number of Topliss-reactive ketones (excluding diaryl/α,β-unsaturated/α-hetero) is 1. The van der Waals surface area contributed by atoms with E-state index in [1.807, 2.05) is 6.92 Å². The normalized spacial score (nSPS) is 18.6. The number of aryl methyl sites for hydroxylation is 3. The fraction of sp³-hybridized carbons (Fsp3) is 0.231. The number of aliphatic hydroxyl groups excluding tert-OH is 1. The molecular formula is C26H23NO7. The molecule has 1 N–H and O–H groups in total. The number of ether oxygens (including phenoxy) is 3. The van der Waals surface area contributed by atoms with Crippen LogP contribution in [0.3, 0.4) is 0 Å². The Kier molecular flexibility index (Phi) is 5.08. The van der Waals surface area contributed by atoms with Gasteiger partial charge in [-0.2, -0.15) is 0 Å². The van der Waals surface area contributed by atoms with Gasteiger partial charge in [-0.1, -0.05) is 0 Å². The van der Waals surface area contributed by atoms with E-state index in [9.17, 15) is 14.7 Å². The predicted molar refractivity (Wildman–Crippen MR) is 123 cm³/mol. The summed E-state index contributed by atoms with van der Waals surface area (Å²) in [6, 6.07) is 11.0. The van der Waals surface area contributed by atoms with Gasteiger partial charge in [0.2, 0.25) is 6.79 Å². The first-order valence-electron chi connectivity index (χ1n) is 10.7. The lowest BCUT2D eigenvalue weighted by Gasteiger charge is -2.24. The minimum atomic E-state index is -0.962. The maximum atomic E-state index is 13.3. The molecule has 0 bridgehead atoms. The van der Waals surface area contributed by atoms with Gasteiger partial charge < -0.3 is 23.7 Å². The van der Waals surface area contributed by atoms with Crippen LogP contribution in [0.5, 0.6) is 17.2 Å².